The van der Waals surface area contributed by atoms with Gasteiger partial charge in [-0.15, -0.1) is 0 Å². The summed E-state index contributed by atoms with van der Waals surface area (Å²) in [5, 5.41) is 0.491. The number of carbonyl (C=O) groups is 1. The third-order valence-electron chi connectivity index (χ3n) is 5.89. The summed E-state index contributed by atoms with van der Waals surface area (Å²) < 4.78 is 30.4. The number of fused-ring (bicyclic) bond motifs is 1. The molecule has 170 valence electrons. The monoisotopic (exact) mass is 491 g/mol. The van der Waals surface area contributed by atoms with Crippen LogP contribution < -0.4 is 4.80 Å². The maximum Gasteiger partial charge on any atom is 0.251 e. The number of nitrogens with zero attached hydrogens (tertiary/aromatic N) is 3. The van der Waals surface area contributed by atoms with Crippen LogP contribution in [0.1, 0.15) is 30.9 Å². The number of benzene rings is 2. The Hall–Kier alpha value is -2.00. The number of amides is 1. The summed E-state index contributed by atoms with van der Waals surface area (Å²) >= 11 is 7.41. The van der Waals surface area contributed by atoms with Crippen molar-refractivity contribution in [1.82, 2.24) is 8.87 Å². The van der Waals surface area contributed by atoms with Gasteiger partial charge in [0.05, 0.1) is 15.1 Å². The molecule has 0 N–H and O–H groups in total. The lowest BCUT2D eigenvalue weighted by molar-refractivity contribution is -0.122. The Morgan fingerprint density at radius 3 is 2.44 bits per heavy atom. The molecule has 1 aromatic heterocycles. The van der Waals surface area contributed by atoms with E-state index in [1.165, 1.54) is 38.9 Å². The molecule has 9 heteroatoms. The van der Waals surface area contributed by atoms with E-state index in [0.717, 1.165) is 16.8 Å². The number of hydrogen-bond donors (Lipinski definition) is 0. The summed E-state index contributed by atoms with van der Waals surface area (Å²) in [4.78, 5) is 18.4. The molecule has 1 aliphatic rings. The van der Waals surface area contributed by atoms with E-state index in [-0.39, 0.29) is 16.7 Å². The molecule has 0 unspecified atom stereocenters. The van der Waals surface area contributed by atoms with Gasteiger partial charge >= 0.3 is 0 Å². The lowest BCUT2D eigenvalue weighted by Crippen LogP contribution is -2.40. The van der Waals surface area contributed by atoms with Crippen molar-refractivity contribution in [2.75, 3.05) is 13.1 Å². The second-order valence-electron chi connectivity index (χ2n) is 8.14. The molecule has 1 amide bonds. The molecule has 1 aliphatic heterocycles. The third-order valence-corrected chi connectivity index (χ3v) is 9.29. The van der Waals surface area contributed by atoms with Gasteiger partial charge in [0.25, 0.3) is 5.91 Å². The molecule has 0 radical (unpaired) electrons. The van der Waals surface area contributed by atoms with Gasteiger partial charge < -0.3 is 4.57 Å². The minimum absolute atomic E-state index is 0.170. The Labute approximate surface area is 197 Å². The highest BCUT2D eigenvalue weighted by atomic mass is 35.5. The zero-order chi connectivity index (χ0) is 23.0. The summed E-state index contributed by atoms with van der Waals surface area (Å²) in [6.45, 7) is 7.53. The summed E-state index contributed by atoms with van der Waals surface area (Å²) in [5.41, 5.74) is 3.47. The van der Waals surface area contributed by atoms with Crippen molar-refractivity contribution in [1.29, 1.82) is 0 Å². The first-order valence-electron chi connectivity index (χ1n) is 10.7. The first-order valence-corrected chi connectivity index (χ1v) is 13.3. The van der Waals surface area contributed by atoms with Gasteiger partial charge in [0.15, 0.2) is 4.80 Å². The van der Waals surface area contributed by atoms with Crippen LogP contribution in [0.15, 0.2) is 46.3 Å². The maximum absolute atomic E-state index is 13.0. The van der Waals surface area contributed by atoms with E-state index >= 15 is 0 Å². The molecular weight excluding hydrogens is 466 g/mol. The topological polar surface area (TPSA) is 71.7 Å². The Balaban J connectivity index is 1.54. The largest absolute Gasteiger partial charge is 0.317 e. The van der Waals surface area contributed by atoms with Crippen molar-refractivity contribution in [3.8, 4) is 0 Å². The van der Waals surface area contributed by atoms with E-state index in [1.54, 1.807) is 12.1 Å². The molecule has 0 aliphatic carbocycles. The molecule has 0 bridgehead atoms. The second-order valence-corrected chi connectivity index (χ2v) is 11.5. The average Bonchev–Trinajstić information content (AvgIpc) is 3.11. The minimum Gasteiger partial charge on any atom is -0.317 e. The zero-order valence-electron chi connectivity index (χ0n) is 18.3. The second kappa shape index (κ2) is 9.09. The van der Waals surface area contributed by atoms with Crippen molar-refractivity contribution < 1.29 is 13.2 Å². The highest BCUT2D eigenvalue weighted by Gasteiger charge is 2.32. The average molecular weight is 492 g/mol. The van der Waals surface area contributed by atoms with Crippen LogP contribution in [0, 0.1) is 19.8 Å². The van der Waals surface area contributed by atoms with Crippen molar-refractivity contribution >= 4 is 49.1 Å². The van der Waals surface area contributed by atoms with Crippen LogP contribution in [0.4, 0.5) is 0 Å². The van der Waals surface area contributed by atoms with Gasteiger partial charge in [-0.3, -0.25) is 4.79 Å². The molecule has 2 aromatic carbocycles. The van der Waals surface area contributed by atoms with Gasteiger partial charge in [0.2, 0.25) is 10.0 Å². The number of halogens is 1. The summed E-state index contributed by atoms with van der Waals surface area (Å²) in [5.74, 6) is -0.443. The van der Waals surface area contributed by atoms with Gasteiger partial charge in [-0.25, -0.2) is 8.42 Å². The third kappa shape index (κ3) is 4.41. The number of aromatic nitrogens is 1. The van der Waals surface area contributed by atoms with Gasteiger partial charge in [-0.05, 0) is 75.1 Å². The lowest BCUT2D eigenvalue weighted by atomic mass is 9.98. The Kier molecular flexibility index (Phi) is 6.58. The normalized spacial score (nSPS) is 16.7. The lowest BCUT2D eigenvalue weighted by Gasteiger charge is -2.29. The molecular formula is C23H26ClN3O3S2. The summed E-state index contributed by atoms with van der Waals surface area (Å²) in [7, 11) is -3.59. The molecule has 32 heavy (non-hydrogen) atoms. The van der Waals surface area contributed by atoms with Crippen LogP contribution >= 0.6 is 22.9 Å². The van der Waals surface area contributed by atoms with Gasteiger partial charge in [0, 0.05) is 30.6 Å². The Bertz CT molecular complexity index is 1330. The fourth-order valence-electron chi connectivity index (χ4n) is 4.19. The molecule has 0 saturated carbocycles. The smallest absolute Gasteiger partial charge is 0.251 e. The molecule has 4 rings (SSSR count). The van der Waals surface area contributed by atoms with Gasteiger partial charge in [0.1, 0.15) is 0 Å². The number of sulfonamides is 1. The highest BCUT2D eigenvalue weighted by Crippen LogP contribution is 2.26. The van der Waals surface area contributed by atoms with Crippen molar-refractivity contribution in [2.24, 2.45) is 10.9 Å². The molecule has 2 heterocycles. The van der Waals surface area contributed by atoms with E-state index in [0.29, 0.717) is 35.8 Å². The fourth-order valence-corrected chi connectivity index (χ4v) is 6.93. The molecule has 1 fully saturated rings. The predicted molar refractivity (Wildman–Crippen MR) is 128 cm³/mol. The fraction of sp³-hybridized carbons (Fsp3) is 0.391. The number of thiazole rings is 1. The molecule has 1 saturated heterocycles. The van der Waals surface area contributed by atoms with Crippen molar-refractivity contribution in [2.45, 2.75) is 45.1 Å². The van der Waals surface area contributed by atoms with Crippen LogP contribution in [-0.4, -0.2) is 36.3 Å². The minimum atomic E-state index is -3.59. The molecule has 3 aromatic rings. The van der Waals surface area contributed by atoms with E-state index in [9.17, 15) is 13.2 Å². The number of piperidine rings is 1. The Morgan fingerprint density at radius 1 is 1.16 bits per heavy atom. The first-order chi connectivity index (χ1) is 15.2. The van der Waals surface area contributed by atoms with E-state index in [1.807, 2.05) is 6.92 Å². The van der Waals surface area contributed by atoms with E-state index < -0.39 is 10.0 Å². The van der Waals surface area contributed by atoms with Gasteiger partial charge in [-0.1, -0.05) is 29.0 Å². The van der Waals surface area contributed by atoms with Crippen molar-refractivity contribution in [3.63, 3.8) is 0 Å². The zero-order valence-corrected chi connectivity index (χ0v) is 20.7. The van der Waals surface area contributed by atoms with Crippen molar-refractivity contribution in [3.05, 3.63) is 57.3 Å². The SMILES string of the molecule is CCn1c(=NC(=O)C2CCN(S(=O)(=O)c3ccc(Cl)cc3)CC2)sc2c(C)cc(C)cc21. The maximum atomic E-state index is 13.0. The standard InChI is InChI=1S/C23H26ClN3O3S2/c1-4-27-20-14-15(2)13-16(3)21(20)31-23(27)25-22(28)17-9-11-26(12-10-17)32(29,30)19-7-5-18(24)6-8-19/h5-8,13-14,17H,4,9-12H2,1-3H3. The quantitative estimate of drug-likeness (QED) is 0.538. The molecule has 0 atom stereocenters. The molecule has 6 nitrogen and oxygen atoms in total. The molecule has 0 spiro atoms. The van der Waals surface area contributed by atoms with Crippen LogP contribution in [0.5, 0.6) is 0 Å². The van der Waals surface area contributed by atoms with Crippen LogP contribution in [0.2, 0.25) is 5.02 Å². The van der Waals surface area contributed by atoms with E-state index in [2.05, 4.69) is 35.5 Å². The number of hydrogen-bond acceptors (Lipinski definition) is 4. The van der Waals surface area contributed by atoms with E-state index in [4.69, 9.17) is 11.6 Å². The number of aryl methyl sites for hydroxylation is 3. The van der Waals surface area contributed by atoms with Crippen LogP contribution in [-0.2, 0) is 21.4 Å². The van der Waals surface area contributed by atoms with Crippen LogP contribution in [0.25, 0.3) is 10.2 Å². The summed E-state index contributed by atoms with van der Waals surface area (Å²) in [6, 6.07) is 10.4. The highest BCUT2D eigenvalue weighted by molar-refractivity contribution is 7.89. The summed E-state index contributed by atoms with van der Waals surface area (Å²) in [6.07, 6.45) is 0.925. The van der Waals surface area contributed by atoms with Crippen LogP contribution in [0.3, 0.4) is 0 Å². The number of rotatable bonds is 4. The Morgan fingerprint density at radius 2 is 1.81 bits per heavy atom. The predicted octanol–water partition coefficient (Wildman–Crippen LogP) is 4.52. The first kappa shape index (κ1) is 23.2. The number of carbonyl (C=O) groups excluding carboxylic acids is 1. The van der Waals surface area contributed by atoms with Gasteiger partial charge in [-0.2, -0.15) is 9.30 Å².